The molecular formula is C10H11ClN4O2S2. The van der Waals surface area contributed by atoms with Gasteiger partial charge in [0.2, 0.25) is 5.13 Å². The maximum Gasteiger partial charge on any atom is 0.264 e. The van der Waals surface area contributed by atoms with E-state index in [9.17, 15) is 8.42 Å². The summed E-state index contributed by atoms with van der Waals surface area (Å²) in [7, 11) is -3.75. The second-order valence-electron chi connectivity index (χ2n) is 3.74. The Hall–Kier alpha value is -1.22. The van der Waals surface area contributed by atoms with Crippen LogP contribution in [-0.4, -0.2) is 18.6 Å². The van der Waals surface area contributed by atoms with E-state index in [1.165, 1.54) is 11.6 Å². The molecule has 9 heteroatoms. The first-order valence-electron chi connectivity index (χ1n) is 5.22. The van der Waals surface area contributed by atoms with Crippen LogP contribution in [0.15, 0.2) is 22.5 Å². The van der Waals surface area contributed by atoms with Crippen LogP contribution in [-0.2, 0) is 16.6 Å². The minimum absolute atomic E-state index is 0.0932. The van der Waals surface area contributed by atoms with Crippen LogP contribution in [0.4, 0.5) is 5.13 Å². The highest BCUT2D eigenvalue weighted by Gasteiger charge is 2.20. The summed E-state index contributed by atoms with van der Waals surface area (Å²) in [6, 6.07) is 3.04. The molecule has 19 heavy (non-hydrogen) atoms. The van der Waals surface area contributed by atoms with Gasteiger partial charge in [0.25, 0.3) is 10.0 Å². The highest BCUT2D eigenvalue weighted by molar-refractivity contribution is 7.93. The molecule has 0 spiro atoms. The van der Waals surface area contributed by atoms with E-state index < -0.39 is 10.0 Å². The van der Waals surface area contributed by atoms with Gasteiger partial charge in [-0.3, -0.25) is 4.72 Å². The van der Waals surface area contributed by atoms with Crippen molar-refractivity contribution in [1.82, 2.24) is 10.2 Å². The fraction of sp³-hybridized carbons (Fsp3) is 0.200. The lowest BCUT2D eigenvalue weighted by molar-refractivity contribution is 0.600. The summed E-state index contributed by atoms with van der Waals surface area (Å²) >= 11 is 7.01. The zero-order valence-electron chi connectivity index (χ0n) is 9.92. The van der Waals surface area contributed by atoms with Gasteiger partial charge in [0, 0.05) is 11.6 Å². The Labute approximate surface area is 119 Å². The van der Waals surface area contributed by atoms with Crippen LogP contribution in [0, 0.1) is 6.92 Å². The van der Waals surface area contributed by atoms with Crippen LogP contribution in [0.5, 0.6) is 0 Å². The number of nitrogens with zero attached hydrogens (tertiary/aromatic N) is 2. The van der Waals surface area contributed by atoms with Crippen molar-refractivity contribution >= 4 is 38.1 Å². The number of sulfonamides is 1. The van der Waals surface area contributed by atoms with E-state index in [4.69, 9.17) is 17.3 Å². The summed E-state index contributed by atoms with van der Waals surface area (Å²) in [5, 5.41) is 7.74. The second kappa shape index (κ2) is 5.41. The van der Waals surface area contributed by atoms with Gasteiger partial charge < -0.3 is 5.73 Å². The van der Waals surface area contributed by atoms with Crippen molar-refractivity contribution in [2.24, 2.45) is 5.73 Å². The second-order valence-corrected chi connectivity index (χ2v) is 6.66. The predicted octanol–water partition coefficient (Wildman–Crippen LogP) is 1.76. The average Bonchev–Trinajstić information content (AvgIpc) is 2.83. The van der Waals surface area contributed by atoms with Crippen molar-refractivity contribution in [2.45, 2.75) is 18.4 Å². The minimum atomic E-state index is -3.75. The van der Waals surface area contributed by atoms with Gasteiger partial charge in [-0.1, -0.05) is 22.9 Å². The fourth-order valence-corrected chi connectivity index (χ4v) is 3.90. The van der Waals surface area contributed by atoms with Gasteiger partial charge in [-0.05, 0) is 30.2 Å². The van der Waals surface area contributed by atoms with Gasteiger partial charge in [0.05, 0.1) is 4.90 Å². The van der Waals surface area contributed by atoms with E-state index in [0.29, 0.717) is 16.1 Å². The molecule has 0 saturated carbocycles. The maximum absolute atomic E-state index is 12.3. The quantitative estimate of drug-likeness (QED) is 0.895. The molecule has 0 fully saturated rings. The largest absolute Gasteiger partial charge is 0.326 e. The molecule has 0 aliphatic carbocycles. The minimum Gasteiger partial charge on any atom is -0.326 e. The third-order valence-electron chi connectivity index (χ3n) is 2.52. The molecule has 2 aromatic rings. The number of halogens is 1. The normalized spacial score (nSPS) is 11.5. The lowest BCUT2D eigenvalue weighted by atomic mass is 10.1. The Morgan fingerprint density at radius 2 is 2.21 bits per heavy atom. The van der Waals surface area contributed by atoms with Crippen molar-refractivity contribution in [2.75, 3.05) is 4.72 Å². The molecule has 1 aromatic carbocycles. The lowest BCUT2D eigenvalue weighted by Gasteiger charge is -2.12. The van der Waals surface area contributed by atoms with Gasteiger partial charge in [-0.25, -0.2) is 8.42 Å². The van der Waals surface area contributed by atoms with Crippen LogP contribution in [0.2, 0.25) is 5.02 Å². The number of aromatic nitrogens is 2. The molecule has 0 unspecified atom stereocenters. The summed E-state index contributed by atoms with van der Waals surface area (Å²) in [6.07, 6.45) is 0. The van der Waals surface area contributed by atoms with Gasteiger partial charge >= 0.3 is 0 Å². The fourth-order valence-electron chi connectivity index (χ4n) is 1.59. The third kappa shape index (κ3) is 3.03. The molecular weight excluding hydrogens is 308 g/mol. The number of hydrogen-bond acceptors (Lipinski definition) is 6. The summed E-state index contributed by atoms with van der Waals surface area (Å²) in [4.78, 5) is 0.0932. The Kier molecular flexibility index (Phi) is 4.04. The Morgan fingerprint density at radius 3 is 2.79 bits per heavy atom. The first-order valence-corrected chi connectivity index (χ1v) is 7.96. The monoisotopic (exact) mass is 318 g/mol. The van der Waals surface area contributed by atoms with Crippen molar-refractivity contribution < 1.29 is 8.42 Å². The summed E-state index contributed by atoms with van der Waals surface area (Å²) in [6.45, 7) is 1.90. The van der Waals surface area contributed by atoms with E-state index in [2.05, 4.69) is 14.9 Å². The average molecular weight is 319 g/mol. The number of anilines is 1. The zero-order chi connectivity index (χ0) is 14.0. The van der Waals surface area contributed by atoms with Crippen LogP contribution in [0.25, 0.3) is 0 Å². The summed E-state index contributed by atoms with van der Waals surface area (Å²) < 4.78 is 26.9. The maximum atomic E-state index is 12.3. The number of nitrogens with one attached hydrogen (secondary N) is 1. The smallest absolute Gasteiger partial charge is 0.264 e. The van der Waals surface area contributed by atoms with Crippen molar-refractivity contribution in [1.29, 1.82) is 0 Å². The molecule has 3 N–H and O–H groups in total. The summed E-state index contributed by atoms with van der Waals surface area (Å²) in [5.41, 5.74) is 8.27. The Balaban J connectivity index is 2.48. The first-order chi connectivity index (χ1) is 8.94. The van der Waals surface area contributed by atoms with E-state index in [1.54, 1.807) is 13.0 Å². The van der Waals surface area contributed by atoms with Crippen LogP contribution in [0.1, 0.15) is 11.1 Å². The Morgan fingerprint density at radius 1 is 1.47 bits per heavy atom. The van der Waals surface area contributed by atoms with E-state index in [1.807, 2.05) is 0 Å². The molecule has 0 radical (unpaired) electrons. The molecule has 0 bridgehead atoms. The first kappa shape index (κ1) is 14.2. The molecule has 2 rings (SSSR count). The van der Waals surface area contributed by atoms with E-state index in [-0.39, 0.29) is 16.6 Å². The SMILES string of the molecule is Cc1c(CN)cc(Cl)cc1S(=O)(=O)Nc1nncs1. The van der Waals surface area contributed by atoms with Crippen LogP contribution < -0.4 is 10.5 Å². The van der Waals surface area contributed by atoms with Gasteiger partial charge in [-0.15, -0.1) is 10.2 Å². The molecule has 0 aliphatic rings. The van der Waals surface area contributed by atoms with E-state index in [0.717, 1.165) is 11.3 Å². The molecule has 0 saturated heterocycles. The van der Waals surface area contributed by atoms with Crippen molar-refractivity contribution in [3.63, 3.8) is 0 Å². The predicted molar refractivity (Wildman–Crippen MR) is 74.8 cm³/mol. The van der Waals surface area contributed by atoms with Gasteiger partial charge in [0.1, 0.15) is 5.51 Å². The number of nitrogens with two attached hydrogens (primary N) is 1. The molecule has 0 aliphatic heterocycles. The molecule has 1 heterocycles. The van der Waals surface area contributed by atoms with Crippen LogP contribution in [0.3, 0.4) is 0 Å². The highest BCUT2D eigenvalue weighted by Crippen LogP contribution is 2.26. The van der Waals surface area contributed by atoms with E-state index >= 15 is 0 Å². The van der Waals surface area contributed by atoms with Crippen molar-refractivity contribution in [3.05, 3.63) is 33.8 Å². The topological polar surface area (TPSA) is 98.0 Å². The lowest BCUT2D eigenvalue weighted by Crippen LogP contribution is -2.15. The van der Waals surface area contributed by atoms with Gasteiger partial charge in [0.15, 0.2) is 0 Å². The molecule has 102 valence electrons. The van der Waals surface area contributed by atoms with Gasteiger partial charge in [-0.2, -0.15) is 0 Å². The molecule has 0 amide bonds. The number of rotatable bonds is 4. The third-order valence-corrected chi connectivity index (χ3v) is 4.94. The Bertz CT molecular complexity index is 686. The number of hydrogen-bond donors (Lipinski definition) is 2. The van der Waals surface area contributed by atoms with Crippen molar-refractivity contribution in [3.8, 4) is 0 Å². The zero-order valence-corrected chi connectivity index (χ0v) is 12.3. The standard InChI is InChI=1S/C10H11ClN4O2S2/c1-6-7(4-12)2-8(11)3-9(6)19(16,17)15-10-14-13-5-18-10/h2-3,5H,4,12H2,1H3,(H,14,15). The molecule has 0 atom stereocenters. The highest BCUT2D eigenvalue weighted by atomic mass is 35.5. The molecule has 1 aromatic heterocycles. The molecule has 6 nitrogen and oxygen atoms in total. The summed E-state index contributed by atoms with van der Waals surface area (Å²) in [5.74, 6) is 0. The number of benzene rings is 1. The van der Waals surface area contributed by atoms with Crippen LogP contribution >= 0.6 is 22.9 Å².